The zero-order valence-corrected chi connectivity index (χ0v) is 12.8. The Kier molecular flexibility index (Phi) is 3.30. The van der Waals surface area contributed by atoms with Crippen LogP contribution in [0.15, 0.2) is 42.5 Å². The van der Waals surface area contributed by atoms with Crippen LogP contribution in [0.1, 0.15) is 16.1 Å². The maximum atomic E-state index is 14.0. The summed E-state index contributed by atoms with van der Waals surface area (Å²) in [5, 5.41) is 2.81. The van der Waals surface area contributed by atoms with Crippen molar-refractivity contribution in [3.63, 3.8) is 0 Å². The largest absolute Gasteiger partial charge is 0.384 e. The van der Waals surface area contributed by atoms with Gasteiger partial charge in [0.1, 0.15) is 11.6 Å². The molecule has 4 rings (SSSR count). The monoisotopic (exact) mass is 322 g/mol. The Morgan fingerprint density at radius 3 is 2.75 bits per heavy atom. The first-order valence-electron chi connectivity index (χ1n) is 7.65. The number of hydrogen-bond acceptors (Lipinski definition) is 3. The van der Waals surface area contributed by atoms with Crippen molar-refractivity contribution >= 4 is 11.7 Å². The van der Waals surface area contributed by atoms with Gasteiger partial charge in [0.25, 0.3) is 5.91 Å². The molecule has 2 aromatic heterocycles. The van der Waals surface area contributed by atoms with Crippen molar-refractivity contribution in [3.8, 4) is 22.5 Å². The van der Waals surface area contributed by atoms with E-state index < -0.39 is 0 Å². The molecule has 0 saturated carbocycles. The number of H-pyrrole nitrogens is 1. The second-order valence-corrected chi connectivity index (χ2v) is 5.73. The highest BCUT2D eigenvalue weighted by molar-refractivity contribution is 5.97. The molecule has 0 unspecified atom stereocenters. The lowest BCUT2D eigenvalue weighted by molar-refractivity contribution is 0.0946. The van der Waals surface area contributed by atoms with Crippen LogP contribution in [0, 0.1) is 5.82 Å². The smallest absolute Gasteiger partial charge is 0.253 e. The van der Waals surface area contributed by atoms with Crippen LogP contribution >= 0.6 is 0 Å². The minimum atomic E-state index is -0.355. The molecule has 1 aliphatic heterocycles. The summed E-state index contributed by atoms with van der Waals surface area (Å²) in [4.78, 5) is 19.4. The molecule has 4 N–H and O–H groups in total. The number of aromatic nitrogens is 2. The van der Waals surface area contributed by atoms with Crippen molar-refractivity contribution in [2.75, 3.05) is 12.3 Å². The van der Waals surface area contributed by atoms with Crippen molar-refractivity contribution in [1.82, 2.24) is 15.3 Å². The fraction of sp³-hybridized carbons (Fsp3) is 0.111. The number of amides is 1. The number of halogens is 1. The second-order valence-electron chi connectivity index (χ2n) is 5.73. The molecular weight excluding hydrogens is 307 g/mol. The molecule has 0 radical (unpaired) electrons. The number of aromatic amines is 1. The quantitative estimate of drug-likeness (QED) is 0.678. The van der Waals surface area contributed by atoms with Crippen LogP contribution in [0.3, 0.4) is 0 Å². The highest BCUT2D eigenvalue weighted by Gasteiger charge is 2.20. The predicted octanol–water partition coefficient (Wildman–Crippen LogP) is 2.75. The minimum Gasteiger partial charge on any atom is -0.384 e. The Labute approximate surface area is 137 Å². The lowest BCUT2D eigenvalue weighted by Gasteiger charge is -2.11. The van der Waals surface area contributed by atoms with Gasteiger partial charge in [-0.25, -0.2) is 9.37 Å². The van der Waals surface area contributed by atoms with Crippen LogP contribution in [-0.2, 0) is 6.42 Å². The van der Waals surface area contributed by atoms with E-state index in [9.17, 15) is 9.18 Å². The topological polar surface area (TPSA) is 83.8 Å². The number of nitrogens with one attached hydrogen (secondary N) is 2. The van der Waals surface area contributed by atoms with Crippen LogP contribution < -0.4 is 11.1 Å². The van der Waals surface area contributed by atoms with Crippen LogP contribution in [-0.4, -0.2) is 22.4 Å². The van der Waals surface area contributed by atoms with E-state index in [0.29, 0.717) is 29.2 Å². The number of carbonyl (C=O) groups excluding carboxylic acids is 1. The van der Waals surface area contributed by atoms with E-state index in [1.807, 2.05) is 0 Å². The summed E-state index contributed by atoms with van der Waals surface area (Å²) in [7, 11) is 0. The summed E-state index contributed by atoms with van der Waals surface area (Å²) in [6, 6.07) is 11.7. The molecule has 0 saturated heterocycles. The van der Waals surface area contributed by atoms with Gasteiger partial charge in [0.15, 0.2) is 0 Å². The lowest BCUT2D eigenvalue weighted by atomic mass is 10.1. The van der Waals surface area contributed by atoms with E-state index in [1.54, 1.807) is 36.4 Å². The van der Waals surface area contributed by atoms with Gasteiger partial charge < -0.3 is 16.0 Å². The van der Waals surface area contributed by atoms with Crippen LogP contribution in [0.25, 0.3) is 22.5 Å². The molecule has 6 heteroatoms. The minimum absolute atomic E-state index is 0.0879. The van der Waals surface area contributed by atoms with Gasteiger partial charge in [-0.1, -0.05) is 12.1 Å². The molecule has 1 aliphatic rings. The van der Waals surface area contributed by atoms with Gasteiger partial charge in [-0.3, -0.25) is 4.79 Å². The third kappa shape index (κ3) is 2.42. The van der Waals surface area contributed by atoms with E-state index >= 15 is 0 Å². The third-order valence-electron chi connectivity index (χ3n) is 4.11. The maximum Gasteiger partial charge on any atom is 0.253 e. The molecule has 0 aliphatic carbocycles. The normalized spacial score (nSPS) is 13.5. The first-order valence-corrected chi connectivity index (χ1v) is 7.65. The molecule has 0 atom stereocenters. The fourth-order valence-corrected chi connectivity index (χ4v) is 2.96. The summed E-state index contributed by atoms with van der Waals surface area (Å²) < 4.78 is 14.0. The summed E-state index contributed by atoms with van der Waals surface area (Å²) in [5.74, 6) is -0.149. The summed E-state index contributed by atoms with van der Waals surface area (Å²) in [5.41, 5.74) is 9.83. The Balaban J connectivity index is 1.83. The van der Waals surface area contributed by atoms with Gasteiger partial charge in [-0.2, -0.15) is 0 Å². The van der Waals surface area contributed by atoms with Gasteiger partial charge in [0.05, 0.1) is 11.3 Å². The molecule has 1 aromatic carbocycles. The molecule has 3 aromatic rings. The van der Waals surface area contributed by atoms with Crippen molar-refractivity contribution in [2.24, 2.45) is 0 Å². The molecule has 0 fully saturated rings. The van der Waals surface area contributed by atoms with Crippen LogP contribution in [0.5, 0.6) is 0 Å². The number of nitrogens with two attached hydrogens (primary N) is 1. The highest BCUT2D eigenvalue weighted by atomic mass is 19.1. The molecule has 5 nitrogen and oxygen atoms in total. The summed E-state index contributed by atoms with van der Waals surface area (Å²) in [6.45, 7) is 0.616. The van der Waals surface area contributed by atoms with Gasteiger partial charge in [-0.15, -0.1) is 0 Å². The predicted molar refractivity (Wildman–Crippen MR) is 89.9 cm³/mol. The average molecular weight is 322 g/mol. The highest BCUT2D eigenvalue weighted by Crippen LogP contribution is 2.29. The Bertz CT molecular complexity index is 948. The van der Waals surface area contributed by atoms with E-state index in [-0.39, 0.29) is 11.7 Å². The maximum absolute atomic E-state index is 14.0. The van der Waals surface area contributed by atoms with Gasteiger partial charge in [0.2, 0.25) is 0 Å². The van der Waals surface area contributed by atoms with E-state index in [2.05, 4.69) is 15.3 Å². The van der Waals surface area contributed by atoms with E-state index in [4.69, 9.17) is 5.73 Å². The number of benzene rings is 1. The van der Waals surface area contributed by atoms with Gasteiger partial charge in [-0.05, 0) is 30.3 Å². The molecule has 120 valence electrons. The summed E-state index contributed by atoms with van der Waals surface area (Å²) >= 11 is 0. The van der Waals surface area contributed by atoms with E-state index in [1.165, 1.54) is 6.07 Å². The van der Waals surface area contributed by atoms with Gasteiger partial charge in [0, 0.05) is 35.5 Å². The van der Waals surface area contributed by atoms with Crippen molar-refractivity contribution < 1.29 is 9.18 Å². The van der Waals surface area contributed by atoms with Crippen molar-refractivity contribution in [1.29, 1.82) is 0 Å². The number of fused-ring (bicyclic) bond motifs is 1. The number of carbonyl (C=O) groups is 1. The standard InChI is InChI=1S/C18H15FN4O/c19-13-4-2-1-3-11(13)16-7-10(8-17(20)23-16)15-9-12-14(22-15)5-6-21-18(12)24/h1-4,7-9,22H,5-6H2,(H2,20,23)(H,21,24). The van der Waals surface area contributed by atoms with Crippen molar-refractivity contribution in [2.45, 2.75) is 6.42 Å². The van der Waals surface area contributed by atoms with E-state index in [0.717, 1.165) is 23.4 Å². The molecule has 0 spiro atoms. The number of pyridine rings is 1. The number of anilines is 1. The molecule has 0 bridgehead atoms. The first-order chi connectivity index (χ1) is 11.6. The second kappa shape index (κ2) is 5.49. The number of nitrogen functional groups attached to an aromatic ring is 1. The third-order valence-corrected chi connectivity index (χ3v) is 4.11. The molecule has 3 heterocycles. The zero-order chi connectivity index (χ0) is 16.7. The Hall–Kier alpha value is -3.15. The van der Waals surface area contributed by atoms with Crippen LogP contribution in [0.2, 0.25) is 0 Å². The number of hydrogen-bond donors (Lipinski definition) is 3. The number of rotatable bonds is 2. The Morgan fingerprint density at radius 1 is 1.12 bits per heavy atom. The first kappa shape index (κ1) is 14.4. The number of nitrogens with zero attached hydrogens (tertiary/aromatic N) is 1. The molecule has 24 heavy (non-hydrogen) atoms. The van der Waals surface area contributed by atoms with Gasteiger partial charge >= 0.3 is 0 Å². The fourth-order valence-electron chi connectivity index (χ4n) is 2.96. The lowest BCUT2D eigenvalue weighted by Crippen LogP contribution is -2.31. The van der Waals surface area contributed by atoms with Crippen LogP contribution in [0.4, 0.5) is 10.2 Å². The van der Waals surface area contributed by atoms with Crippen molar-refractivity contribution in [3.05, 3.63) is 59.5 Å². The summed E-state index contributed by atoms with van der Waals surface area (Å²) in [6.07, 6.45) is 0.752. The molecule has 1 amide bonds. The zero-order valence-electron chi connectivity index (χ0n) is 12.8. The Morgan fingerprint density at radius 2 is 1.96 bits per heavy atom. The average Bonchev–Trinajstić information content (AvgIpc) is 3.00. The molecular formula is C18H15FN4O. The SMILES string of the molecule is Nc1cc(-c2cc3c([nH]2)CCNC3=O)cc(-c2ccccc2F)n1.